The molecule has 0 unspecified atom stereocenters. The maximum Gasteiger partial charge on any atom is 0.238 e. The van der Waals surface area contributed by atoms with Crippen molar-refractivity contribution in [1.82, 2.24) is 10.2 Å². The summed E-state index contributed by atoms with van der Waals surface area (Å²) in [5.74, 6) is -0.424. The Morgan fingerprint density at radius 3 is 2.18 bits per heavy atom. The molecule has 0 spiro atoms. The normalized spacial score (nSPS) is 12.1. The summed E-state index contributed by atoms with van der Waals surface area (Å²) >= 11 is 0. The summed E-state index contributed by atoms with van der Waals surface area (Å²) in [7, 11) is 1.69. The summed E-state index contributed by atoms with van der Waals surface area (Å²) in [5, 5.41) is 5.56. The van der Waals surface area contributed by atoms with Gasteiger partial charge in [0.05, 0.1) is 19.1 Å². The van der Waals surface area contributed by atoms with Crippen LogP contribution in [0.5, 0.6) is 0 Å². The molecule has 2 rings (SSSR count). The minimum atomic E-state index is -0.416. The summed E-state index contributed by atoms with van der Waals surface area (Å²) in [6.07, 6.45) is 0. The van der Waals surface area contributed by atoms with Crippen LogP contribution in [0.15, 0.2) is 48.5 Å². The smallest absolute Gasteiger partial charge is 0.238 e. The molecule has 0 aliphatic heterocycles. The lowest BCUT2D eigenvalue weighted by atomic mass is 9.99. The van der Waals surface area contributed by atoms with Gasteiger partial charge >= 0.3 is 0 Å². The number of anilines is 1. The lowest BCUT2D eigenvalue weighted by Crippen LogP contribution is -2.39. The van der Waals surface area contributed by atoms with Gasteiger partial charge in [0.2, 0.25) is 11.8 Å². The van der Waals surface area contributed by atoms with Gasteiger partial charge < -0.3 is 10.6 Å². The maximum absolute atomic E-state index is 13.2. The average molecular weight is 385 g/mol. The highest BCUT2D eigenvalue weighted by molar-refractivity contribution is 5.92. The molecule has 0 radical (unpaired) electrons. The van der Waals surface area contributed by atoms with E-state index in [9.17, 15) is 14.0 Å². The number of rotatable bonds is 8. The molecule has 1 atom stereocenters. The van der Waals surface area contributed by atoms with Crippen molar-refractivity contribution in [3.05, 3.63) is 65.5 Å². The third kappa shape index (κ3) is 6.78. The molecule has 2 aromatic carbocycles. The number of halogens is 1. The van der Waals surface area contributed by atoms with E-state index in [1.54, 1.807) is 18.0 Å². The number of hydrogen-bond donors (Lipinski definition) is 2. The Hall–Kier alpha value is -2.73. The molecule has 2 aromatic rings. The van der Waals surface area contributed by atoms with E-state index in [0.29, 0.717) is 11.6 Å². The second-order valence-corrected chi connectivity index (χ2v) is 7.34. The molecule has 0 saturated heterocycles. The Morgan fingerprint density at radius 1 is 0.964 bits per heavy atom. The Kier molecular flexibility index (Phi) is 7.70. The fourth-order valence-electron chi connectivity index (χ4n) is 2.85. The zero-order chi connectivity index (χ0) is 20.7. The largest absolute Gasteiger partial charge is 0.348 e. The number of hydrogen-bond acceptors (Lipinski definition) is 3. The van der Waals surface area contributed by atoms with Crippen LogP contribution in [0.3, 0.4) is 0 Å². The van der Waals surface area contributed by atoms with Gasteiger partial charge in [0.25, 0.3) is 0 Å². The lowest BCUT2D eigenvalue weighted by molar-refractivity contribution is -0.123. The van der Waals surface area contributed by atoms with E-state index >= 15 is 0 Å². The maximum atomic E-state index is 13.2. The molecule has 2 amide bonds. The molecule has 5 nitrogen and oxygen atoms in total. The van der Waals surface area contributed by atoms with Crippen LogP contribution in [0.4, 0.5) is 10.1 Å². The van der Waals surface area contributed by atoms with Crippen molar-refractivity contribution in [1.29, 1.82) is 0 Å². The molecular formula is C22H28FN3O2. The van der Waals surface area contributed by atoms with Gasteiger partial charge in [-0.25, -0.2) is 4.39 Å². The number of carbonyl (C=O) groups is 2. The van der Waals surface area contributed by atoms with E-state index in [4.69, 9.17) is 0 Å². The van der Waals surface area contributed by atoms with Crippen LogP contribution in [-0.2, 0) is 9.59 Å². The van der Waals surface area contributed by atoms with E-state index in [1.807, 2.05) is 19.1 Å². The van der Waals surface area contributed by atoms with Crippen molar-refractivity contribution in [3.63, 3.8) is 0 Å². The Labute approximate surface area is 165 Å². The van der Waals surface area contributed by atoms with Crippen molar-refractivity contribution in [2.24, 2.45) is 0 Å². The van der Waals surface area contributed by atoms with Crippen LogP contribution >= 0.6 is 0 Å². The lowest BCUT2D eigenvalue weighted by Gasteiger charge is -2.19. The van der Waals surface area contributed by atoms with E-state index in [2.05, 4.69) is 36.6 Å². The summed E-state index contributed by atoms with van der Waals surface area (Å²) in [4.78, 5) is 25.9. The number of benzene rings is 2. The van der Waals surface area contributed by atoms with Gasteiger partial charge in [-0.1, -0.05) is 44.2 Å². The quantitative estimate of drug-likeness (QED) is 0.728. The van der Waals surface area contributed by atoms with Crippen LogP contribution in [0, 0.1) is 5.82 Å². The highest BCUT2D eigenvalue weighted by Gasteiger charge is 2.14. The first-order valence-electron chi connectivity index (χ1n) is 9.37. The van der Waals surface area contributed by atoms with E-state index < -0.39 is 5.82 Å². The molecule has 0 aliphatic rings. The molecule has 0 saturated carbocycles. The summed E-state index contributed by atoms with van der Waals surface area (Å²) in [5.41, 5.74) is 2.68. The second kappa shape index (κ2) is 9.99. The zero-order valence-corrected chi connectivity index (χ0v) is 16.8. The molecule has 0 fully saturated rings. The fraction of sp³-hybridized carbons (Fsp3) is 0.364. The van der Waals surface area contributed by atoms with Crippen molar-refractivity contribution in [2.45, 2.75) is 32.7 Å². The standard InChI is InChI=1S/C22H28FN3O2/c1-15(2)17-8-10-18(11-9-17)16(3)24-21(27)13-26(4)14-22(28)25-20-7-5-6-19(23)12-20/h5-12,15-16H,13-14H2,1-4H3,(H,24,27)(H,25,28)/t16-/m1/s1. The Bertz CT molecular complexity index is 806. The third-order valence-corrected chi connectivity index (χ3v) is 4.42. The van der Waals surface area contributed by atoms with Crippen molar-refractivity contribution >= 4 is 17.5 Å². The SMILES string of the molecule is CC(C)c1ccc([C@@H](C)NC(=O)CN(C)CC(=O)Nc2cccc(F)c2)cc1. The molecule has 0 heterocycles. The zero-order valence-electron chi connectivity index (χ0n) is 16.8. The van der Waals surface area contributed by atoms with Crippen LogP contribution < -0.4 is 10.6 Å². The van der Waals surface area contributed by atoms with Crippen molar-refractivity contribution in [2.75, 3.05) is 25.5 Å². The van der Waals surface area contributed by atoms with Gasteiger partial charge in [0, 0.05) is 5.69 Å². The van der Waals surface area contributed by atoms with Gasteiger partial charge in [0.1, 0.15) is 5.82 Å². The van der Waals surface area contributed by atoms with Gasteiger partial charge in [-0.2, -0.15) is 0 Å². The molecule has 2 N–H and O–H groups in total. The summed E-state index contributed by atoms with van der Waals surface area (Å²) in [6, 6.07) is 13.8. The monoisotopic (exact) mass is 385 g/mol. The fourth-order valence-corrected chi connectivity index (χ4v) is 2.85. The number of nitrogens with one attached hydrogen (secondary N) is 2. The first-order chi connectivity index (χ1) is 13.2. The Balaban J connectivity index is 1.80. The second-order valence-electron chi connectivity index (χ2n) is 7.34. The van der Waals surface area contributed by atoms with Gasteiger partial charge in [-0.05, 0) is 49.2 Å². The number of amides is 2. The number of likely N-dealkylation sites (N-methyl/N-ethyl adjacent to an activating group) is 1. The first kappa shape index (κ1) is 21.6. The van der Waals surface area contributed by atoms with Gasteiger partial charge in [-0.3, -0.25) is 14.5 Å². The topological polar surface area (TPSA) is 61.4 Å². The first-order valence-corrected chi connectivity index (χ1v) is 9.37. The molecule has 0 aromatic heterocycles. The van der Waals surface area contributed by atoms with Crippen LogP contribution in [0.25, 0.3) is 0 Å². The van der Waals surface area contributed by atoms with Gasteiger partial charge in [0.15, 0.2) is 0 Å². The highest BCUT2D eigenvalue weighted by atomic mass is 19.1. The van der Waals surface area contributed by atoms with E-state index in [1.165, 1.54) is 23.8 Å². The summed E-state index contributed by atoms with van der Waals surface area (Å²) < 4.78 is 13.2. The molecular weight excluding hydrogens is 357 g/mol. The van der Waals surface area contributed by atoms with E-state index in [0.717, 1.165) is 5.56 Å². The predicted molar refractivity (Wildman–Crippen MR) is 110 cm³/mol. The predicted octanol–water partition coefficient (Wildman–Crippen LogP) is 3.70. The number of carbonyl (C=O) groups excluding carboxylic acids is 2. The molecule has 6 heteroatoms. The molecule has 150 valence electrons. The third-order valence-electron chi connectivity index (χ3n) is 4.42. The summed E-state index contributed by atoms with van der Waals surface area (Å²) in [6.45, 7) is 6.33. The Morgan fingerprint density at radius 2 is 1.57 bits per heavy atom. The molecule has 0 bridgehead atoms. The van der Waals surface area contributed by atoms with Crippen molar-refractivity contribution < 1.29 is 14.0 Å². The number of nitrogens with zero attached hydrogens (tertiary/aromatic N) is 1. The highest BCUT2D eigenvalue weighted by Crippen LogP contribution is 2.18. The van der Waals surface area contributed by atoms with E-state index in [-0.39, 0.29) is 30.9 Å². The van der Waals surface area contributed by atoms with Gasteiger partial charge in [-0.15, -0.1) is 0 Å². The minimum absolute atomic E-state index is 0.0292. The average Bonchev–Trinajstić information content (AvgIpc) is 2.61. The van der Waals surface area contributed by atoms with Crippen LogP contribution in [0.1, 0.15) is 43.9 Å². The minimum Gasteiger partial charge on any atom is -0.348 e. The molecule has 28 heavy (non-hydrogen) atoms. The van der Waals surface area contributed by atoms with Crippen molar-refractivity contribution in [3.8, 4) is 0 Å². The van der Waals surface area contributed by atoms with Crippen LogP contribution in [-0.4, -0.2) is 36.9 Å². The molecule has 0 aliphatic carbocycles. The van der Waals surface area contributed by atoms with Crippen LogP contribution in [0.2, 0.25) is 0 Å².